The Kier molecular flexibility index (Phi) is 5.12. The number of H-pyrrole nitrogens is 1. The van der Waals surface area contributed by atoms with E-state index in [-0.39, 0.29) is 6.61 Å². The first kappa shape index (κ1) is 17.4. The molecule has 0 amide bonds. The minimum Gasteiger partial charge on any atom is -0.493 e. The third-order valence-electron chi connectivity index (χ3n) is 3.69. The topological polar surface area (TPSA) is 105 Å². The van der Waals surface area contributed by atoms with E-state index in [1.165, 1.54) is 0 Å². The van der Waals surface area contributed by atoms with Crippen LogP contribution in [0.1, 0.15) is 5.82 Å². The Hall–Kier alpha value is -3.42. The second-order valence-corrected chi connectivity index (χ2v) is 5.38. The predicted molar refractivity (Wildman–Crippen MR) is 96.7 cm³/mol. The fraction of sp³-hybridized carbons (Fsp3) is 0.222. The second kappa shape index (κ2) is 7.64. The van der Waals surface area contributed by atoms with Gasteiger partial charge in [-0.1, -0.05) is 6.07 Å². The van der Waals surface area contributed by atoms with E-state index in [0.717, 1.165) is 5.56 Å². The van der Waals surface area contributed by atoms with E-state index in [0.29, 0.717) is 40.3 Å². The maximum atomic E-state index is 5.74. The van der Waals surface area contributed by atoms with Gasteiger partial charge in [-0.3, -0.25) is 5.10 Å². The molecule has 0 spiro atoms. The lowest BCUT2D eigenvalue weighted by atomic mass is 10.1. The molecule has 136 valence electrons. The number of nitrogens with two attached hydrogens (primary N) is 1. The Morgan fingerprint density at radius 2 is 1.73 bits per heavy atom. The van der Waals surface area contributed by atoms with E-state index >= 15 is 0 Å². The average molecular weight is 356 g/mol. The molecule has 0 saturated carbocycles. The largest absolute Gasteiger partial charge is 0.493 e. The van der Waals surface area contributed by atoms with Crippen molar-refractivity contribution in [2.75, 3.05) is 27.1 Å². The molecule has 26 heavy (non-hydrogen) atoms. The molecule has 1 aromatic heterocycles. The molecule has 0 unspecified atom stereocenters. The molecule has 0 saturated heterocycles. The first-order chi connectivity index (χ1) is 12.6. The molecule has 0 bridgehead atoms. The molecule has 0 radical (unpaired) electrons. The molecule has 0 atom stereocenters. The molecule has 3 N–H and O–H groups in total. The summed E-state index contributed by atoms with van der Waals surface area (Å²) in [6, 6.07) is 10.8. The Bertz CT molecular complexity index is 869. The van der Waals surface area contributed by atoms with Crippen molar-refractivity contribution in [2.24, 2.45) is 0 Å². The van der Waals surface area contributed by atoms with Gasteiger partial charge in [-0.2, -0.15) is 5.10 Å². The van der Waals surface area contributed by atoms with Crippen molar-refractivity contribution in [3.05, 3.63) is 42.2 Å². The number of hydrogen-bond donors (Lipinski definition) is 2. The Balaban J connectivity index is 1.81. The van der Waals surface area contributed by atoms with Gasteiger partial charge in [0.2, 0.25) is 5.75 Å². The van der Waals surface area contributed by atoms with Gasteiger partial charge in [-0.15, -0.1) is 0 Å². The minimum atomic E-state index is 0.237. The number of ether oxygens (including phenoxy) is 4. The van der Waals surface area contributed by atoms with E-state index < -0.39 is 0 Å². The highest BCUT2D eigenvalue weighted by Crippen LogP contribution is 2.40. The van der Waals surface area contributed by atoms with Crippen LogP contribution in [0, 0.1) is 0 Å². The van der Waals surface area contributed by atoms with Crippen LogP contribution < -0.4 is 24.7 Å². The molecule has 3 rings (SSSR count). The molecule has 3 aromatic rings. The van der Waals surface area contributed by atoms with E-state index in [9.17, 15) is 0 Å². The summed E-state index contributed by atoms with van der Waals surface area (Å²) in [5, 5.41) is 7.09. The molecule has 0 aliphatic carbocycles. The van der Waals surface area contributed by atoms with Gasteiger partial charge in [0.25, 0.3) is 0 Å². The Labute approximate surface area is 150 Å². The minimum absolute atomic E-state index is 0.237. The summed E-state index contributed by atoms with van der Waals surface area (Å²) in [4.78, 5) is 4.45. The summed E-state index contributed by atoms with van der Waals surface area (Å²) < 4.78 is 21.7. The molecule has 2 aromatic carbocycles. The van der Waals surface area contributed by atoms with E-state index in [1.807, 2.05) is 12.1 Å². The van der Waals surface area contributed by atoms with Crippen LogP contribution in [0.4, 0.5) is 5.69 Å². The van der Waals surface area contributed by atoms with Crippen LogP contribution in [0.3, 0.4) is 0 Å². The van der Waals surface area contributed by atoms with Crippen LogP contribution in [-0.4, -0.2) is 36.5 Å². The van der Waals surface area contributed by atoms with Gasteiger partial charge in [-0.05, 0) is 24.3 Å². The van der Waals surface area contributed by atoms with Crippen molar-refractivity contribution in [1.82, 2.24) is 15.2 Å². The lowest BCUT2D eigenvalue weighted by Gasteiger charge is -2.12. The zero-order chi connectivity index (χ0) is 18.5. The summed E-state index contributed by atoms with van der Waals surface area (Å²) in [5.41, 5.74) is 7.10. The number of aromatic amines is 1. The second-order valence-electron chi connectivity index (χ2n) is 5.38. The fourth-order valence-electron chi connectivity index (χ4n) is 2.46. The van der Waals surface area contributed by atoms with Crippen LogP contribution in [0.5, 0.6) is 23.0 Å². The highest BCUT2D eigenvalue weighted by atomic mass is 16.5. The molecule has 8 nitrogen and oxygen atoms in total. The van der Waals surface area contributed by atoms with Gasteiger partial charge < -0.3 is 24.7 Å². The number of rotatable bonds is 7. The van der Waals surface area contributed by atoms with Gasteiger partial charge >= 0.3 is 0 Å². The first-order valence-electron chi connectivity index (χ1n) is 7.84. The van der Waals surface area contributed by atoms with E-state index in [1.54, 1.807) is 45.6 Å². The number of anilines is 1. The van der Waals surface area contributed by atoms with Gasteiger partial charge in [0.1, 0.15) is 12.4 Å². The smallest absolute Gasteiger partial charge is 0.203 e. The monoisotopic (exact) mass is 356 g/mol. The first-order valence-corrected chi connectivity index (χ1v) is 7.84. The van der Waals surface area contributed by atoms with Crippen molar-refractivity contribution in [2.45, 2.75) is 6.61 Å². The zero-order valence-electron chi connectivity index (χ0n) is 14.8. The van der Waals surface area contributed by atoms with E-state index in [2.05, 4.69) is 15.2 Å². The maximum Gasteiger partial charge on any atom is 0.203 e. The van der Waals surface area contributed by atoms with Gasteiger partial charge in [0, 0.05) is 17.3 Å². The van der Waals surface area contributed by atoms with Crippen molar-refractivity contribution in [3.8, 4) is 34.4 Å². The highest BCUT2D eigenvalue weighted by molar-refractivity contribution is 5.66. The van der Waals surface area contributed by atoms with Crippen molar-refractivity contribution in [1.29, 1.82) is 0 Å². The van der Waals surface area contributed by atoms with Crippen LogP contribution in [0.15, 0.2) is 36.4 Å². The third kappa shape index (κ3) is 3.64. The highest BCUT2D eigenvalue weighted by Gasteiger charge is 2.16. The molecule has 0 aliphatic heterocycles. The number of nitrogen functional groups attached to an aromatic ring is 1. The lowest BCUT2D eigenvalue weighted by molar-refractivity contribution is 0.296. The average Bonchev–Trinajstić information content (AvgIpc) is 3.14. The molecular formula is C18H20N4O4. The third-order valence-corrected chi connectivity index (χ3v) is 3.69. The molecule has 0 aliphatic rings. The summed E-state index contributed by atoms with van der Waals surface area (Å²) in [5.74, 6) is 3.32. The van der Waals surface area contributed by atoms with Gasteiger partial charge in [0.15, 0.2) is 23.1 Å². The summed E-state index contributed by atoms with van der Waals surface area (Å²) in [6.45, 7) is 0.237. The van der Waals surface area contributed by atoms with Gasteiger partial charge in [-0.25, -0.2) is 4.98 Å². The maximum absolute atomic E-state index is 5.74. The summed E-state index contributed by atoms with van der Waals surface area (Å²) in [7, 11) is 4.67. The number of aromatic nitrogens is 3. The molecule has 0 fully saturated rings. The van der Waals surface area contributed by atoms with Gasteiger partial charge in [0.05, 0.1) is 21.3 Å². The van der Waals surface area contributed by atoms with Crippen LogP contribution in [0.2, 0.25) is 0 Å². The van der Waals surface area contributed by atoms with Crippen molar-refractivity contribution in [3.63, 3.8) is 0 Å². The lowest BCUT2D eigenvalue weighted by Crippen LogP contribution is -1.98. The Morgan fingerprint density at radius 1 is 1.00 bits per heavy atom. The molecular weight excluding hydrogens is 336 g/mol. The molecule has 8 heteroatoms. The number of benzene rings is 2. The number of nitrogens with zero attached hydrogens (tertiary/aromatic N) is 2. The fourth-order valence-corrected chi connectivity index (χ4v) is 2.46. The Morgan fingerprint density at radius 3 is 2.35 bits per heavy atom. The molecule has 1 heterocycles. The van der Waals surface area contributed by atoms with Crippen LogP contribution in [0.25, 0.3) is 11.4 Å². The van der Waals surface area contributed by atoms with E-state index in [4.69, 9.17) is 24.7 Å². The standard InChI is InChI=1S/C18H20N4O4/c1-23-14-7-11(8-15(24-2)17(14)25-3)18-20-16(21-22-18)10-26-13-6-4-5-12(19)9-13/h4-9H,10,19H2,1-3H3,(H,20,21,22). The predicted octanol–water partition coefficient (Wildman–Crippen LogP) is 2.66. The zero-order valence-corrected chi connectivity index (χ0v) is 14.8. The van der Waals surface area contributed by atoms with Crippen LogP contribution >= 0.6 is 0 Å². The van der Waals surface area contributed by atoms with Crippen LogP contribution in [-0.2, 0) is 6.61 Å². The normalized spacial score (nSPS) is 10.4. The number of nitrogens with one attached hydrogen (secondary N) is 1. The number of hydrogen-bond acceptors (Lipinski definition) is 7. The quantitative estimate of drug-likeness (QED) is 0.627. The van der Waals surface area contributed by atoms with Crippen molar-refractivity contribution >= 4 is 5.69 Å². The van der Waals surface area contributed by atoms with Crippen molar-refractivity contribution < 1.29 is 18.9 Å². The summed E-state index contributed by atoms with van der Waals surface area (Å²) >= 11 is 0. The number of methoxy groups -OCH3 is 3. The summed E-state index contributed by atoms with van der Waals surface area (Å²) in [6.07, 6.45) is 0. The SMILES string of the molecule is COc1cc(-c2n[nH]c(COc3cccc(N)c3)n2)cc(OC)c1OC.